The number of aliphatic imine (C=N–C) groups is 1. The van der Waals surface area contributed by atoms with Crippen molar-refractivity contribution in [2.24, 2.45) is 4.99 Å². The third-order valence-electron chi connectivity index (χ3n) is 4.76. The van der Waals surface area contributed by atoms with E-state index in [1.54, 1.807) is 23.1 Å². The molecule has 32 heavy (non-hydrogen) atoms. The summed E-state index contributed by atoms with van der Waals surface area (Å²) in [5.74, 6) is -0.362. The molecule has 0 saturated carbocycles. The van der Waals surface area contributed by atoms with Gasteiger partial charge in [-0.3, -0.25) is 14.5 Å². The van der Waals surface area contributed by atoms with Gasteiger partial charge in [0.15, 0.2) is 5.17 Å². The molecule has 0 aromatic heterocycles. The highest BCUT2D eigenvalue weighted by atomic mass is 127. The standard InChI is InChI=1S/C24H19ClIN3O2S/c25-17-7-4-8-20(13-17)28-24-29(15-16-5-2-1-3-6-16)22(30)14-21(32-24)23(31)27-19-11-9-18(26)10-12-19/h1-13,21H,14-15H2,(H,27,31). The predicted molar refractivity (Wildman–Crippen MR) is 139 cm³/mol. The van der Waals surface area contributed by atoms with Gasteiger partial charge in [0.1, 0.15) is 5.25 Å². The molecule has 0 bridgehead atoms. The summed E-state index contributed by atoms with van der Waals surface area (Å²) < 4.78 is 1.08. The van der Waals surface area contributed by atoms with Crippen molar-refractivity contribution in [3.63, 3.8) is 0 Å². The minimum Gasteiger partial charge on any atom is -0.325 e. The zero-order valence-corrected chi connectivity index (χ0v) is 20.6. The van der Waals surface area contributed by atoms with Crippen molar-refractivity contribution >= 4 is 74.3 Å². The van der Waals surface area contributed by atoms with Crippen LogP contribution in [0.4, 0.5) is 11.4 Å². The molecule has 3 aromatic carbocycles. The lowest BCUT2D eigenvalue weighted by Crippen LogP contribution is -2.44. The van der Waals surface area contributed by atoms with Crippen LogP contribution >= 0.6 is 46.0 Å². The van der Waals surface area contributed by atoms with Crippen LogP contribution in [0.15, 0.2) is 83.9 Å². The second-order valence-electron chi connectivity index (χ2n) is 7.15. The Bertz CT molecular complexity index is 1160. The van der Waals surface area contributed by atoms with Crippen molar-refractivity contribution in [3.05, 3.63) is 93.0 Å². The summed E-state index contributed by atoms with van der Waals surface area (Å²) in [4.78, 5) is 32.3. The van der Waals surface area contributed by atoms with E-state index >= 15 is 0 Å². The minimum absolute atomic E-state index is 0.0995. The highest BCUT2D eigenvalue weighted by molar-refractivity contribution is 14.1. The summed E-state index contributed by atoms with van der Waals surface area (Å²) in [5, 5.41) is 3.37. The van der Waals surface area contributed by atoms with Crippen molar-refractivity contribution in [2.45, 2.75) is 18.2 Å². The number of benzene rings is 3. The third kappa shape index (κ3) is 5.90. The van der Waals surface area contributed by atoms with Gasteiger partial charge < -0.3 is 5.32 Å². The molecule has 1 atom stereocenters. The first kappa shape index (κ1) is 22.8. The van der Waals surface area contributed by atoms with Crippen molar-refractivity contribution in [3.8, 4) is 0 Å². The summed E-state index contributed by atoms with van der Waals surface area (Å²) in [5.41, 5.74) is 2.31. The van der Waals surface area contributed by atoms with Gasteiger partial charge in [0.25, 0.3) is 0 Å². The summed E-state index contributed by atoms with van der Waals surface area (Å²) in [6.45, 7) is 0.386. The van der Waals surface area contributed by atoms with E-state index in [2.05, 4.69) is 32.9 Å². The molecule has 1 aliphatic heterocycles. The molecule has 0 aliphatic carbocycles. The number of amidine groups is 1. The number of anilines is 1. The fraction of sp³-hybridized carbons (Fsp3) is 0.125. The van der Waals surface area contributed by atoms with Crippen LogP contribution in [0.25, 0.3) is 0 Å². The fourth-order valence-electron chi connectivity index (χ4n) is 3.17. The fourth-order valence-corrected chi connectivity index (χ4v) is 4.82. The van der Waals surface area contributed by atoms with Crippen LogP contribution in [0.5, 0.6) is 0 Å². The van der Waals surface area contributed by atoms with Crippen LogP contribution in [0, 0.1) is 3.57 Å². The van der Waals surface area contributed by atoms with Crippen molar-refractivity contribution in [1.82, 2.24) is 4.90 Å². The molecule has 8 heteroatoms. The van der Waals surface area contributed by atoms with Crippen molar-refractivity contribution in [1.29, 1.82) is 0 Å². The van der Waals surface area contributed by atoms with E-state index in [-0.39, 0.29) is 18.2 Å². The Balaban J connectivity index is 1.59. The van der Waals surface area contributed by atoms with Crippen LogP contribution in [0.1, 0.15) is 12.0 Å². The molecule has 1 heterocycles. The number of thioether (sulfide) groups is 1. The highest BCUT2D eigenvalue weighted by Gasteiger charge is 2.36. The lowest BCUT2D eigenvalue weighted by molar-refractivity contribution is -0.129. The Morgan fingerprint density at radius 1 is 1.09 bits per heavy atom. The second-order valence-corrected chi connectivity index (χ2v) is 10.00. The number of carbonyl (C=O) groups excluding carboxylic acids is 2. The molecular weight excluding hydrogens is 557 g/mol. The van der Waals surface area contributed by atoms with Gasteiger partial charge in [-0.05, 0) is 70.6 Å². The molecule has 162 valence electrons. The van der Waals surface area contributed by atoms with Gasteiger partial charge in [0.05, 0.1) is 12.2 Å². The molecule has 0 spiro atoms. The number of hydrogen-bond donors (Lipinski definition) is 1. The average Bonchev–Trinajstić information content (AvgIpc) is 2.78. The van der Waals surface area contributed by atoms with Gasteiger partial charge in [0, 0.05) is 20.7 Å². The Kier molecular flexibility index (Phi) is 7.49. The van der Waals surface area contributed by atoms with E-state index in [0.29, 0.717) is 28.1 Å². The lowest BCUT2D eigenvalue weighted by Gasteiger charge is -2.32. The van der Waals surface area contributed by atoms with Crippen molar-refractivity contribution < 1.29 is 9.59 Å². The maximum Gasteiger partial charge on any atom is 0.238 e. The SMILES string of the molecule is O=C(Nc1ccc(I)cc1)C1CC(=O)N(Cc2ccccc2)C(=Nc2cccc(Cl)c2)S1. The molecule has 4 rings (SSSR count). The number of rotatable bonds is 5. The first-order chi connectivity index (χ1) is 15.5. The van der Waals surface area contributed by atoms with Crippen LogP contribution in [-0.2, 0) is 16.1 Å². The predicted octanol–water partition coefficient (Wildman–Crippen LogP) is 6.11. The Labute approximate surface area is 209 Å². The normalized spacial score (nSPS) is 17.4. The first-order valence-corrected chi connectivity index (χ1v) is 12.2. The van der Waals surface area contributed by atoms with E-state index in [0.717, 1.165) is 9.13 Å². The van der Waals surface area contributed by atoms with Gasteiger partial charge >= 0.3 is 0 Å². The summed E-state index contributed by atoms with van der Waals surface area (Å²) in [6.07, 6.45) is 0.0995. The van der Waals surface area contributed by atoms with Gasteiger partial charge in [-0.15, -0.1) is 0 Å². The Hall–Kier alpha value is -2.36. The number of carbonyl (C=O) groups is 2. The average molecular weight is 576 g/mol. The summed E-state index contributed by atoms with van der Waals surface area (Å²) in [7, 11) is 0. The van der Waals surface area contributed by atoms with Gasteiger partial charge in [-0.2, -0.15) is 0 Å². The highest BCUT2D eigenvalue weighted by Crippen LogP contribution is 2.31. The third-order valence-corrected chi connectivity index (χ3v) is 6.90. The summed E-state index contributed by atoms with van der Waals surface area (Å²) >= 11 is 9.62. The van der Waals surface area contributed by atoms with Crippen LogP contribution < -0.4 is 5.32 Å². The first-order valence-electron chi connectivity index (χ1n) is 9.89. The molecule has 1 N–H and O–H groups in total. The van der Waals surface area contributed by atoms with E-state index in [1.165, 1.54) is 11.8 Å². The number of hydrogen-bond acceptors (Lipinski definition) is 4. The van der Waals surface area contributed by atoms with Gasteiger partial charge in [-0.25, -0.2) is 4.99 Å². The van der Waals surface area contributed by atoms with Crippen molar-refractivity contribution in [2.75, 3.05) is 5.32 Å². The minimum atomic E-state index is -0.577. The van der Waals surface area contributed by atoms with E-state index in [4.69, 9.17) is 11.6 Å². The quantitative estimate of drug-likeness (QED) is 0.374. The zero-order valence-electron chi connectivity index (χ0n) is 16.9. The maximum atomic E-state index is 13.1. The van der Waals surface area contributed by atoms with E-state index in [1.807, 2.05) is 60.7 Å². The van der Waals surface area contributed by atoms with Crippen LogP contribution in [-0.4, -0.2) is 27.1 Å². The largest absolute Gasteiger partial charge is 0.325 e. The molecule has 1 fully saturated rings. The topological polar surface area (TPSA) is 61.8 Å². The van der Waals surface area contributed by atoms with Gasteiger partial charge in [0.2, 0.25) is 11.8 Å². The molecule has 5 nitrogen and oxygen atoms in total. The van der Waals surface area contributed by atoms with E-state index < -0.39 is 5.25 Å². The van der Waals surface area contributed by atoms with Crippen LogP contribution in [0.3, 0.4) is 0 Å². The Morgan fingerprint density at radius 2 is 1.84 bits per heavy atom. The molecule has 2 amide bonds. The molecular formula is C24H19ClIN3O2S. The summed E-state index contributed by atoms with van der Waals surface area (Å²) in [6, 6.07) is 24.4. The monoisotopic (exact) mass is 575 g/mol. The van der Waals surface area contributed by atoms with Gasteiger partial charge in [-0.1, -0.05) is 59.8 Å². The lowest BCUT2D eigenvalue weighted by atomic mass is 10.2. The molecule has 0 radical (unpaired) electrons. The zero-order chi connectivity index (χ0) is 22.5. The Morgan fingerprint density at radius 3 is 2.56 bits per heavy atom. The second kappa shape index (κ2) is 10.5. The number of halogens is 2. The maximum absolute atomic E-state index is 13.1. The molecule has 1 unspecified atom stereocenters. The number of nitrogens with zero attached hydrogens (tertiary/aromatic N) is 2. The molecule has 1 aliphatic rings. The molecule has 3 aromatic rings. The van der Waals surface area contributed by atoms with Crippen LogP contribution in [0.2, 0.25) is 5.02 Å². The van der Waals surface area contributed by atoms with E-state index in [9.17, 15) is 9.59 Å². The smallest absolute Gasteiger partial charge is 0.238 e. The number of amides is 2. The molecule has 1 saturated heterocycles. The number of nitrogens with one attached hydrogen (secondary N) is 1.